The van der Waals surface area contributed by atoms with Crippen molar-refractivity contribution in [1.82, 2.24) is 9.78 Å². The van der Waals surface area contributed by atoms with Gasteiger partial charge in [0.1, 0.15) is 5.82 Å². The first-order valence-corrected chi connectivity index (χ1v) is 6.58. The summed E-state index contributed by atoms with van der Waals surface area (Å²) in [5.41, 5.74) is 7.94. The van der Waals surface area contributed by atoms with Crippen LogP contribution in [0.2, 0.25) is 0 Å². The van der Waals surface area contributed by atoms with Crippen molar-refractivity contribution < 1.29 is 4.39 Å². The van der Waals surface area contributed by atoms with E-state index in [0.717, 1.165) is 15.4 Å². The van der Waals surface area contributed by atoms with E-state index in [1.807, 2.05) is 24.3 Å². The van der Waals surface area contributed by atoms with Crippen molar-refractivity contribution >= 4 is 32.5 Å². The molecule has 0 aliphatic heterocycles. The van der Waals surface area contributed by atoms with Crippen molar-refractivity contribution in [2.75, 3.05) is 5.73 Å². The van der Waals surface area contributed by atoms with E-state index in [1.165, 1.54) is 6.07 Å². The Morgan fingerprint density at radius 2 is 2.05 bits per heavy atom. The second kappa shape index (κ2) is 4.66. The van der Waals surface area contributed by atoms with Gasteiger partial charge >= 0.3 is 0 Å². The van der Waals surface area contributed by atoms with Gasteiger partial charge in [-0.05, 0) is 30.3 Å². The van der Waals surface area contributed by atoms with Gasteiger partial charge in [-0.1, -0.05) is 22.0 Å². The summed E-state index contributed by atoms with van der Waals surface area (Å²) in [6.07, 6.45) is 1.76. The Hall–Kier alpha value is -1.88. The monoisotopic (exact) mass is 319 g/mol. The zero-order valence-corrected chi connectivity index (χ0v) is 11.6. The van der Waals surface area contributed by atoms with Crippen molar-refractivity contribution in [2.24, 2.45) is 0 Å². The fourth-order valence-electron chi connectivity index (χ4n) is 2.02. The van der Waals surface area contributed by atoms with Crippen LogP contribution >= 0.6 is 15.9 Å². The lowest BCUT2D eigenvalue weighted by Crippen LogP contribution is -2.03. The van der Waals surface area contributed by atoms with Gasteiger partial charge < -0.3 is 5.73 Å². The molecule has 1 heterocycles. The number of nitrogens with zero attached hydrogens (tertiary/aromatic N) is 2. The molecule has 0 bridgehead atoms. The van der Waals surface area contributed by atoms with Crippen molar-refractivity contribution in [2.45, 2.75) is 6.54 Å². The summed E-state index contributed by atoms with van der Waals surface area (Å²) in [4.78, 5) is 0. The summed E-state index contributed by atoms with van der Waals surface area (Å²) in [5, 5.41) is 5.27. The van der Waals surface area contributed by atoms with E-state index < -0.39 is 0 Å². The smallest absolute Gasteiger partial charge is 0.129 e. The van der Waals surface area contributed by atoms with Crippen molar-refractivity contribution in [3.05, 3.63) is 58.4 Å². The molecule has 0 atom stereocenters. The first-order valence-electron chi connectivity index (χ1n) is 5.78. The molecule has 19 heavy (non-hydrogen) atoms. The van der Waals surface area contributed by atoms with Gasteiger partial charge in [0.15, 0.2) is 0 Å². The van der Waals surface area contributed by atoms with E-state index in [1.54, 1.807) is 16.9 Å². The molecule has 3 nitrogen and oxygen atoms in total. The highest BCUT2D eigenvalue weighted by Gasteiger charge is 2.07. The van der Waals surface area contributed by atoms with E-state index >= 15 is 0 Å². The largest absolute Gasteiger partial charge is 0.399 e. The van der Waals surface area contributed by atoms with Crippen LogP contribution < -0.4 is 5.73 Å². The van der Waals surface area contributed by atoms with Crippen molar-refractivity contribution in [3.63, 3.8) is 0 Å². The third kappa shape index (κ3) is 2.33. The van der Waals surface area contributed by atoms with Gasteiger partial charge in [-0.25, -0.2) is 4.39 Å². The maximum absolute atomic E-state index is 13.8. The van der Waals surface area contributed by atoms with Crippen LogP contribution in [0.4, 0.5) is 10.1 Å². The molecule has 0 amide bonds. The van der Waals surface area contributed by atoms with Crippen LogP contribution in [0.15, 0.2) is 47.1 Å². The Labute approximate surface area is 118 Å². The zero-order chi connectivity index (χ0) is 13.4. The lowest BCUT2D eigenvalue weighted by Gasteiger charge is -2.06. The molecule has 0 saturated carbocycles. The molecular weight excluding hydrogens is 309 g/mol. The lowest BCUT2D eigenvalue weighted by molar-refractivity contribution is 0.589. The van der Waals surface area contributed by atoms with E-state index in [9.17, 15) is 4.39 Å². The Bertz CT molecular complexity index is 752. The highest BCUT2D eigenvalue weighted by molar-refractivity contribution is 9.10. The van der Waals surface area contributed by atoms with Crippen molar-refractivity contribution in [1.29, 1.82) is 0 Å². The summed E-state index contributed by atoms with van der Waals surface area (Å²) in [5.74, 6) is -0.248. The van der Waals surface area contributed by atoms with E-state index in [4.69, 9.17) is 5.73 Å². The van der Waals surface area contributed by atoms with Gasteiger partial charge in [0.05, 0.1) is 18.3 Å². The quantitative estimate of drug-likeness (QED) is 0.734. The molecule has 0 aliphatic rings. The van der Waals surface area contributed by atoms with Crippen LogP contribution in [0.25, 0.3) is 10.9 Å². The number of hydrogen-bond donors (Lipinski definition) is 1. The Balaban J connectivity index is 2.03. The summed E-state index contributed by atoms with van der Waals surface area (Å²) in [6, 6.07) is 10.6. The number of rotatable bonds is 2. The predicted octanol–water partition coefficient (Wildman–Crippen LogP) is 3.57. The van der Waals surface area contributed by atoms with E-state index in [2.05, 4.69) is 21.0 Å². The van der Waals surface area contributed by atoms with E-state index in [-0.39, 0.29) is 5.82 Å². The SMILES string of the molecule is Nc1ccc2cnn(Cc3ccc(Br)cc3F)c2c1. The van der Waals surface area contributed by atoms with Gasteiger partial charge in [-0.2, -0.15) is 5.10 Å². The summed E-state index contributed by atoms with van der Waals surface area (Å²) in [7, 11) is 0. The first-order chi connectivity index (χ1) is 9.13. The molecule has 3 rings (SSSR count). The minimum Gasteiger partial charge on any atom is -0.399 e. The predicted molar refractivity (Wildman–Crippen MR) is 77.3 cm³/mol. The van der Waals surface area contributed by atoms with Gasteiger partial charge in [0.2, 0.25) is 0 Å². The summed E-state index contributed by atoms with van der Waals surface area (Å²) >= 11 is 3.24. The fraction of sp³-hybridized carbons (Fsp3) is 0.0714. The topological polar surface area (TPSA) is 43.8 Å². The number of aromatic nitrogens is 2. The minimum atomic E-state index is -0.248. The fourth-order valence-corrected chi connectivity index (χ4v) is 2.36. The maximum atomic E-state index is 13.8. The highest BCUT2D eigenvalue weighted by atomic mass is 79.9. The number of halogens is 2. The second-order valence-electron chi connectivity index (χ2n) is 4.36. The molecule has 2 aromatic carbocycles. The van der Waals surface area contributed by atoms with Gasteiger partial charge in [-0.15, -0.1) is 0 Å². The minimum absolute atomic E-state index is 0.248. The van der Waals surface area contributed by atoms with Crippen molar-refractivity contribution in [3.8, 4) is 0 Å². The highest BCUT2D eigenvalue weighted by Crippen LogP contribution is 2.20. The molecule has 0 radical (unpaired) electrons. The number of fused-ring (bicyclic) bond motifs is 1. The average molecular weight is 320 g/mol. The zero-order valence-electron chi connectivity index (χ0n) is 9.98. The Morgan fingerprint density at radius 3 is 2.84 bits per heavy atom. The summed E-state index contributed by atoms with van der Waals surface area (Å²) in [6.45, 7) is 0.381. The molecule has 0 fully saturated rings. The van der Waals surface area contributed by atoms with Crippen LogP contribution in [0, 0.1) is 5.82 Å². The van der Waals surface area contributed by atoms with Gasteiger partial charge in [0.25, 0.3) is 0 Å². The lowest BCUT2D eigenvalue weighted by atomic mass is 10.2. The number of nitrogens with two attached hydrogens (primary N) is 1. The molecule has 0 unspecified atom stereocenters. The molecule has 0 spiro atoms. The normalized spacial score (nSPS) is 11.1. The third-order valence-electron chi connectivity index (χ3n) is 3.00. The number of benzene rings is 2. The average Bonchev–Trinajstić information content (AvgIpc) is 2.75. The number of hydrogen-bond acceptors (Lipinski definition) is 2. The van der Waals surface area contributed by atoms with Crippen LogP contribution in [0.3, 0.4) is 0 Å². The molecule has 0 aliphatic carbocycles. The standard InChI is InChI=1S/C14H11BrFN3/c15-11-3-1-10(13(16)5-11)8-19-14-6-12(17)4-2-9(14)7-18-19/h1-7H,8,17H2. The third-order valence-corrected chi connectivity index (χ3v) is 3.50. The molecule has 96 valence electrons. The number of nitrogen functional groups attached to an aromatic ring is 1. The Morgan fingerprint density at radius 1 is 1.21 bits per heavy atom. The van der Waals surface area contributed by atoms with Crippen LogP contribution in [-0.4, -0.2) is 9.78 Å². The molecule has 2 N–H and O–H groups in total. The van der Waals surface area contributed by atoms with Gasteiger partial charge in [-0.3, -0.25) is 4.68 Å². The maximum Gasteiger partial charge on any atom is 0.129 e. The Kier molecular flexibility index (Phi) is 2.98. The second-order valence-corrected chi connectivity index (χ2v) is 5.27. The molecular formula is C14H11BrFN3. The van der Waals surface area contributed by atoms with Crippen LogP contribution in [0.1, 0.15) is 5.56 Å². The number of anilines is 1. The molecule has 5 heteroatoms. The first kappa shape index (κ1) is 12.2. The van der Waals surface area contributed by atoms with E-state index in [0.29, 0.717) is 17.8 Å². The van der Waals surface area contributed by atoms with Gasteiger partial charge in [0, 0.05) is 21.1 Å². The molecule has 0 saturated heterocycles. The molecule has 3 aromatic rings. The molecule has 1 aromatic heterocycles. The van der Waals surface area contributed by atoms with Crippen LogP contribution in [-0.2, 0) is 6.54 Å². The van der Waals surface area contributed by atoms with Crippen LogP contribution in [0.5, 0.6) is 0 Å². The summed E-state index contributed by atoms with van der Waals surface area (Å²) < 4.78 is 16.3.